The van der Waals surface area contributed by atoms with E-state index < -0.39 is 0 Å². The third-order valence-electron chi connectivity index (χ3n) is 11.0. The van der Waals surface area contributed by atoms with Gasteiger partial charge in [0.2, 0.25) is 0 Å². The van der Waals surface area contributed by atoms with Gasteiger partial charge in [-0.1, -0.05) is 133 Å². The van der Waals surface area contributed by atoms with Crippen molar-refractivity contribution in [3.05, 3.63) is 187 Å². The van der Waals surface area contributed by atoms with E-state index in [-0.39, 0.29) is 10.8 Å². The lowest BCUT2D eigenvalue weighted by Crippen LogP contribution is -2.15. The van der Waals surface area contributed by atoms with E-state index in [0.717, 1.165) is 78.9 Å². The molecule has 8 aromatic rings. The number of aromatic nitrogens is 1. The predicted molar refractivity (Wildman–Crippen MR) is 239 cm³/mol. The summed E-state index contributed by atoms with van der Waals surface area (Å²) in [6.07, 6.45) is 0. The minimum absolute atomic E-state index is 0.0638. The standard InChI is InChI=1S/C53H47N3O/c1-52(2,3)38-22-28-40(29-23-38)55(41-30-24-39(25-31-41)53(4,5)6)43-32-33-46-45(34-43)44(36-14-8-7-9-15-36)35-47(54-46)37-20-26-42(27-21-37)56-48-16-10-12-18-50(48)57-51-19-13-11-17-49(51)56/h7-35H,1-6H3. The van der Waals surface area contributed by atoms with Crippen LogP contribution < -0.4 is 14.5 Å². The molecule has 1 aliphatic heterocycles. The number of rotatable bonds is 6. The molecule has 9 rings (SSSR count). The highest BCUT2D eigenvalue weighted by atomic mass is 16.5. The first-order valence-electron chi connectivity index (χ1n) is 19.8. The number of para-hydroxylation sites is 4. The molecule has 0 radical (unpaired) electrons. The van der Waals surface area contributed by atoms with Crippen LogP contribution in [0.5, 0.6) is 11.5 Å². The highest BCUT2D eigenvalue weighted by Gasteiger charge is 2.26. The average molecular weight is 742 g/mol. The van der Waals surface area contributed by atoms with Crippen LogP contribution in [0.3, 0.4) is 0 Å². The average Bonchev–Trinajstić information content (AvgIpc) is 3.22. The van der Waals surface area contributed by atoms with Gasteiger partial charge in [0, 0.05) is 33.7 Å². The molecule has 4 heteroatoms. The first-order chi connectivity index (χ1) is 27.5. The number of hydrogen-bond acceptors (Lipinski definition) is 4. The van der Waals surface area contributed by atoms with Gasteiger partial charge in [-0.05, 0) is 118 Å². The lowest BCUT2D eigenvalue weighted by Gasteiger charge is -2.32. The lowest BCUT2D eigenvalue weighted by atomic mass is 9.86. The van der Waals surface area contributed by atoms with E-state index in [1.165, 1.54) is 11.1 Å². The predicted octanol–water partition coefficient (Wildman–Crippen LogP) is 15.2. The molecule has 0 aliphatic carbocycles. The van der Waals surface area contributed by atoms with Gasteiger partial charge in [-0.2, -0.15) is 0 Å². The van der Waals surface area contributed by atoms with Crippen LogP contribution in [-0.4, -0.2) is 4.98 Å². The SMILES string of the molecule is CC(C)(C)c1ccc(N(c2ccc(C(C)(C)C)cc2)c2ccc3nc(-c4ccc(N5c6ccccc6Oc6ccccc65)cc4)cc(-c4ccccc4)c3c2)cc1. The summed E-state index contributed by atoms with van der Waals surface area (Å²) < 4.78 is 6.27. The van der Waals surface area contributed by atoms with E-state index in [2.05, 4.69) is 203 Å². The van der Waals surface area contributed by atoms with Crippen molar-refractivity contribution in [2.45, 2.75) is 52.4 Å². The van der Waals surface area contributed by atoms with E-state index in [9.17, 15) is 0 Å². The Bertz CT molecular complexity index is 2600. The number of pyridine rings is 1. The maximum Gasteiger partial charge on any atom is 0.151 e. The molecule has 1 aliphatic rings. The second-order valence-electron chi connectivity index (χ2n) is 17.0. The first kappa shape index (κ1) is 36.0. The van der Waals surface area contributed by atoms with Crippen LogP contribution in [0.1, 0.15) is 52.7 Å². The topological polar surface area (TPSA) is 28.6 Å². The molecule has 4 nitrogen and oxygen atoms in total. The fourth-order valence-electron chi connectivity index (χ4n) is 7.79. The van der Waals surface area contributed by atoms with Crippen LogP contribution in [-0.2, 0) is 10.8 Å². The number of hydrogen-bond donors (Lipinski definition) is 0. The smallest absolute Gasteiger partial charge is 0.151 e. The van der Waals surface area contributed by atoms with Crippen LogP contribution in [0.4, 0.5) is 34.1 Å². The molecule has 0 unspecified atom stereocenters. The summed E-state index contributed by atoms with van der Waals surface area (Å²) in [4.78, 5) is 9.95. The molecule has 0 saturated heterocycles. The molecule has 0 atom stereocenters. The van der Waals surface area contributed by atoms with Gasteiger partial charge in [0.1, 0.15) is 0 Å². The van der Waals surface area contributed by atoms with Crippen LogP contribution in [0, 0.1) is 0 Å². The summed E-state index contributed by atoms with van der Waals surface area (Å²) in [6, 6.07) is 62.8. The Hall–Kier alpha value is -6.65. The maximum atomic E-state index is 6.27. The second-order valence-corrected chi connectivity index (χ2v) is 17.0. The minimum atomic E-state index is 0.0638. The van der Waals surface area contributed by atoms with Crippen molar-refractivity contribution in [2.24, 2.45) is 0 Å². The highest BCUT2D eigenvalue weighted by molar-refractivity contribution is 6.00. The molecule has 2 heterocycles. The number of anilines is 6. The van der Waals surface area contributed by atoms with Crippen molar-refractivity contribution in [2.75, 3.05) is 9.80 Å². The number of nitrogens with zero attached hydrogens (tertiary/aromatic N) is 3. The van der Waals surface area contributed by atoms with Gasteiger partial charge in [0.05, 0.1) is 22.6 Å². The Labute approximate surface area is 336 Å². The van der Waals surface area contributed by atoms with Gasteiger partial charge < -0.3 is 14.5 Å². The summed E-state index contributed by atoms with van der Waals surface area (Å²) in [5.41, 5.74) is 14.4. The van der Waals surface area contributed by atoms with Crippen LogP contribution in [0.15, 0.2) is 176 Å². The fraction of sp³-hybridized carbons (Fsp3) is 0.151. The Morgan fingerprint density at radius 2 is 0.982 bits per heavy atom. The van der Waals surface area contributed by atoms with Crippen molar-refractivity contribution in [1.29, 1.82) is 0 Å². The zero-order valence-electron chi connectivity index (χ0n) is 33.5. The molecule has 0 amide bonds. The Morgan fingerprint density at radius 1 is 0.474 bits per heavy atom. The zero-order valence-corrected chi connectivity index (χ0v) is 33.5. The summed E-state index contributed by atoms with van der Waals surface area (Å²) in [5, 5.41) is 1.10. The zero-order chi connectivity index (χ0) is 39.3. The Kier molecular flexibility index (Phi) is 8.93. The third kappa shape index (κ3) is 6.93. The monoisotopic (exact) mass is 741 g/mol. The largest absolute Gasteiger partial charge is 0.453 e. The first-order valence-corrected chi connectivity index (χ1v) is 19.8. The summed E-state index contributed by atoms with van der Waals surface area (Å²) in [7, 11) is 0. The van der Waals surface area contributed by atoms with Gasteiger partial charge in [-0.15, -0.1) is 0 Å². The van der Waals surface area contributed by atoms with Gasteiger partial charge in [-0.3, -0.25) is 0 Å². The van der Waals surface area contributed by atoms with Crippen LogP contribution >= 0.6 is 0 Å². The number of ether oxygens (including phenoxy) is 1. The van der Waals surface area contributed by atoms with Crippen LogP contribution in [0.25, 0.3) is 33.3 Å². The lowest BCUT2D eigenvalue weighted by molar-refractivity contribution is 0.477. The van der Waals surface area contributed by atoms with E-state index >= 15 is 0 Å². The van der Waals surface area contributed by atoms with Gasteiger partial charge in [0.15, 0.2) is 11.5 Å². The fourth-order valence-corrected chi connectivity index (χ4v) is 7.79. The van der Waals surface area contributed by atoms with E-state index in [1.54, 1.807) is 0 Å². The molecule has 280 valence electrons. The molecule has 57 heavy (non-hydrogen) atoms. The number of fused-ring (bicyclic) bond motifs is 3. The highest BCUT2D eigenvalue weighted by Crippen LogP contribution is 2.50. The second kappa shape index (κ2) is 14.1. The van der Waals surface area contributed by atoms with Crippen molar-refractivity contribution < 1.29 is 4.74 Å². The van der Waals surface area contributed by atoms with Gasteiger partial charge in [-0.25, -0.2) is 4.98 Å². The molecular weight excluding hydrogens is 695 g/mol. The molecule has 0 saturated carbocycles. The van der Waals surface area contributed by atoms with Crippen molar-refractivity contribution in [1.82, 2.24) is 4.98 Å². The summed E-state index contributed by atoms with van der Waals surface area (Å²) >= 11 is 0. The minimum Gasteiger partial charge on any atom is -0.453 e. The Morgan fingerprint density at radius 3 is 1.53 bits per heavy atom. The van der Waals surface area contributed by atoms with Gasteiger partial charge >= 0.3 is 0 Å². The Balaban J connectivity index is 1.15. The molecule has 0 N–H and O–H groups in total. The van der Waals surface area contributed by atoms with Crippen molar-refractivity contribution >= 4 is 45.0 Å². The normalized spacial score (nSPS) is 12.5. The van der Waals surface area contributed by atoms with E-state index in [4.69, 9.17) is 9.72 Å². The number of benzene rings is 7. The van der Waals surface area contributed by atoms with Crippen molar-refractivity contribution in [3.8, 4) is 33.9 Å². The molecule has 7 aromatic carbocycles. The van der Waals surface area contributed by atoms with Crippen LogP contribution in [0.2, 0.25) is 0 Å². The quantitative estimate of drug-likeness (QED) is 0.170. The van der Waals surface area contributed by atoms with E-state index in [0.29, 0.717) is 0 Å². The third-order valence-corrected chi connectivity index (χ3v) is 11.0. The van der Waals surface area contributed by atoms with Crippen molar-refractivity contribution in [3.63, 3.8) is 0 Å². The maximum absolute atomic E-state index is 6.27. The molecule has 0 spiro atoms. The molecular formula is C53H47N3O. The summed E-state index contributed by atoms with van der Waals surface area (Å²) in [6.45, 7) is 13.6. The van der Waals surface area contributed by atoms with E-state index in [1.807, 2.05) is 24.3 Å². The molecule has 1 aromatic heterocycles. The summed E-state index contributed by atoms with van der Waals surface area (Å²) in [5.74, 6) is 1.68. The molecule has 0 fully saturated rings. The molecule has 0 bridgehead atoms. The van der Waals surface area contributed by atoms with Gasteiger partial charge in [0.25, 0.3) is 0 Å².